The maximum absolute atomic E-state index is 12.3. The second-order valence-corrected chi connectivity index (χ2v) is 5.45. The average Bonchev–Trinajstić information content (AvgIpc) is 2.81. The van der Waals surface area contributed by atoms with Gasteiger partial charge in [0.15, 0.2) is 0 Å². The summed E-state index contributed by atoms with van der Waals surface area (Å²) < 4.78 is 0. The van der Waals surface area contributed by atoms with Gasteiger partial charge in [-0.05, 0) is 48.4 Å². The van der Waals surface area contributed by atoms with E-state index in [1.807, 2.05) is 13.0 Å². The highest BCUT2D eigenvalue weighted by Crippen LogP contribution is 2.25. The third kappa shape index (κ3) is 2.76. The summed E-state index contributed by atoms with van der Waals surface area (Å²) in [5.41, 5.74) is 3.75. The third-order valence-corrected chi connectivity index (χ3v) is 3.68. The second kappa shape index (κ2) is 5.22. The SMILES string of the molecule is Cc1ccc(Cl)cc1NC(=O)c1ccc2c(c1)CC(=O)N2. The molecule has 0 saturated heterocycles. The zero-order valence-electron chi connectivity index (χ0n) is 11.4. The molecule has 0 aliphatic carbocycles. The van der Waals surface area contributed by atoms with E-state index < -0.39 is 0 Å². The maximum Gasteiger partial charge on any atom is 0.255 e. The van der Waals surface area contributed by atoms with E-state index in [0.29, 0.717) is 22.7 Å². The topological polar surface area (TPSA) is 58.2 Å². The van der Waals surface area contributed by atoms with Gasteiger partial charge in [-0.3, -0.25) is 9.59 Å². The summed E-state index contributed by atoms with van der Waals surface area (Å²) in [6.07, 6.45) is 0.312. The van der Waals surface area contributed by atoms with Crippen LogP contribution in [0.3, 0.4) is 0 Å². The number of nitrogens with one attached hydrogen (secondary N) is 2. The van der Waals surface area contributed by atoms with Gasteiger partial charge in [0.05, 0.1) is 6.42 Å². The van der Waals surface area contributed by atoms with Crippen molar-refractivity contribution in [2.75, 3.05) is 10.6 Å². The highest BCUT2D eigenvalue weighted by Gasteiger charge is 2.19. The standard InChI is InChI=1S/C16H13ClN2O2/c1-9-2-4-12(17)8-14(9)19-16(21)10-3-5-13-11(6-10)7-15(20)18-13/h2-6,8H,7H2,1H3,(H,18,20)(H,19,21). The van der Waals surface area contributed by atoms with Gasteiger partial charge < -0.3 is 10.6 Å². The van der Waals surface area contributed by atoms with Crippen LogP contribution in [0.15, 0.2) is 36.4 Å². The largest absolute Gasteiger partial charge is 0.326 e. The molecule has 5 heteroatoms. The summed E-state index contributed by atoms with van der Waals surface area (Å²) in [6.45, 7) is 1.90. The molecule has 0 aromatic heterocycles. The van der Waals surface area contributed by atoms with E-state index in [2.05, 4.69) is 10.6 Å². The summed E-state index contributed by atoms with van der Waals surface area (Å²) in [6, 6.07) is 10.5. The van der Waals surface area contributed by atoms with Crippen LogP contribution in [-0.2, 0) is 11.2 Å². The fourth-order valence-electron chi connectivity index (χ4n) is 2.29. The summed E-state index contributed by atoms with van der Waals surface area (Å²) in [4.78, 5) is 23.6. The number of rotatable bonds is 2. The van der Waals surface area contributed by atoms with Gasteiger partial charge in [-0.15, -0.1) is 0 Å². The Bertz CT molecular complexity index is 756. The predicted molar refractivity (Wildman–Crippen MR) is 82.9 cm³/mol. The van der Waals surface area contributed by atoms with Crippen molar-refractivity contribution in [3.8, 4) is 0 Å². The van der Waals surface area contributed by atoms with Crippen molar-refractivity contribution < 1.29 is 9.59 Å². The quantitative estimate of drug-likeness (QED) is 0.893. The molecular formula is C16H13ClN2O2. The summed E-state index contributed by atoms with van der Waals surface area (Å²) in [5, 5.41) is 6.15. The molecule has 0 unspecified atom stereocenters. The van der Waals surface area contributed by atoms with E-state index in [-0.39, 0.29) is 11.8 Å². The summed E-state index contributed by atoms with van der Waals surface area (Å²) in [7, 11) is 0. The van der Waals surface area contributed by atoms with E-state index in [9.17, 15) is 9.59 Å². The minimum atomic E-state index is -0.220. The molecular weight excluding hydrogens is 288 g/mol. The molecule has 0 fully saturated rings. The Hall–Kier alpha value is -2.33. The van der Waals surface area contributed by atoms with Gasteiger partial charge in [0.1, 0.15) is 0 Å². The number of aryl methyl sites for hydroxylation is 1. The molecule has 0 saturated carbocycles. The predicted octanol–water partition coefficient (Wildman–Crippen LogP) is 3.40. The van der Waals surface area contributed by atoms with Crippen LogP contribution in [0.4, 0.5) is 11.4 Å². The highest BCUT2D eigenvalue weighted by molar-refractivity contribution is 6.31. The molecule has 2 aromatic carbocycles. The molecule has 2 N–H and O–H groups in total. The minimum Gasteiger partial charge on any atom is -0.326 e. The monoisotopic (exact) mass is 300 g/mol. The van der Waals surface area contributed by atoms with E-state index in [1.54, 1.807) is 30.3 Å². The first kappa shape index (κ1) is 13.6. The molecule has 0 radical (unpaired) electrons. The smallest absolute Gasteiger partial charge is 0.255 e. The van der Waals surface area contributed by atoms with Gasteiger partial charge in [-0.2, -0.15) is 0 Å². The van der Waals surface area contributed by atoms with Gasteiger partial charge in [0.2, 0.25) is 5.91 Å². The van der Waals surface area contributed by atoms with Gasteiger partial charge in [0.25, 0.3) is 5.91 Å². The fraction of sp³-hybridized carbons (Fsp3) is 0.125. The number of hydrogen-bond donors (Lipinski definition) is 2. The van der Waals surface area contributed by atoms with E-state index in [4.69, 9.17) is 11.6 Å². The molecule has 1 aliphatic rings. The Kier molecular flexibility index (Phi) is 3.39. The van der Waals surface area contributed by atoms with Gasteiger partial charge >= 0.3 is 0 Å². The van der Waals surface area contributed by atoms with E-state index in [0.717, 1.165) is 16.8 Å². The van der Waals surface area contributed by atoms with Crippen molar-refractivity contribution >= 4 is 34.8 Å². The van der Waals surface area contributed by atoms with Crippen molar-refractivity contribution in [3.05, 3.63) is 58.1 Å². The molecule has 1 heterocycles. The lowest BCUT2D eigenvalue weighted by molar-refractivity contribution is -0.115. The molecule has 0 spiro atoms. The average molecular weight is 301 g/mol. The lowest BCUT2D eigenvalue weighted by atomic mass is 10.1. The maximum atomic E-state index is 12.3. The normalized spacial score (nSPS) is 12.8. The number of anilines is 2. The van der Waals surface area contributed by atoms with E-state index in [1.165, 1.54) is 0 Å². The van der Waals surface area contributed by atoms with Crippen LogP contribution < -0.4 is 10.6 Å². The molecule has 106 valence electrons. The highest BCUT2D eigenvalue weighted by atomic mass is 35.5. The zero-order valence-corrected chi connectivity index (χ0v) is 12.1. The molecule has 0 bridgehead atoms. The number of amides is 2. The van der Waals surface area contributed by atoms with Crippen molar-refractivity contribution in [2.24, 2.45) is 0 Å². The molecule has 3 rings (SSSR count). The van der Waals surface area contributed by atoms with Crippen LogP contribution >= 0.6 is 11.6 Å². The van der Waals surface area contributed by atoms with E-state index >= 15 is 0 Å². The molecule has 2 amide bonds. The van der Waals surface area contributed by atoms with Gasteiger partial charge in [-0.1, -0.05) is 17.7 Å². The number of hydrogen-bond acceptors (Lipinski definition) is 2. The van der Waals surface area contributed by atoms with Crippen molar-refractivity contribution in [3.63, 3.8) is 0 Å². The summed E-state index contributed by atoms with van der Waals surface area (Å²) in [5.74, 6) is -0.268. The Morgan fingerprint density at radius 3 is 2.86 bits per heavy atom. The second-order valence-electron chi connectivity index (χ2n) is 5.01. The van der Waals surface area contributed by atoms with Crippen molar-refractivity contribution in [2.45, 2.75) is 13.3 Å². The number of benzene rings is 2. The molecule has 1 aliphatic heterocycles. The molecule has 4 nitrogen and oxygen atoms in total. The Labute approximate surface area is 127 Å². The van der Waals surface area contributed by atoms with Gasteiger partial charge in [-0.25, -0.2) is 0 Å². The van der Waals surface area contributed by atoms with Crippen LogP contribution in [0.1, 0.15) is 21.5 Å². The van der Waals surface area contributed by atoms with Crippen LogP contribution in [0.5, 0.6) is 0 Å². The van der Waals surface area contributed by atoms with Crippen LogP contribution in [0, 0.1) is 6.92 Å². The number of fused-ring (bicyclic) bond motifs is 1. The number of carbonyl (C=O) groups is 2. The first-order valence-electron chi connectivity index (χ1n) is 6.53. The lowest BCUT2D eigenvalue weighted by Crippen LogP contribution is -2.13. The third-order valence-electron chi connectivity index (χ3n) is 3.44. The fourth-order valence-corrected chi connectivity index (χ4v) is 2.47. The summed E-state index contributed by atoms with van der Waals surface area (Å²) >= 11 is 5.94. The zero-order chi connectivity index (χ0) is 15.0. The first-order valence-corrected chi connectivity index (χ1v) is 6.91. The van der Waals surface area contributed by atoms with Crippen LogP contribution in [-0.4, -0.2) is 11.8 Å². The lowest BCUT2D eigenvalue weighted by Gasteiger charge is -2.09. The van der Waals surface area contributed by atoms with Crippen LogP contribution in [0.2, 0.25) is 5.02 Å². The Morgan fingerprint density at radius 2 is 2.05 bits per heavy atom. The molecule has 0 atom stereocenters. The molecule has 2 aromatic rings. The Balaban J connectivity index is 1.85. The number of halogens is 1. The van der Waals surface area contributed by atoms with Gasteiger partial charge in [0, 0.05) is 22.0 Å². The Morgan fingerprint density at radius 1 is 1.24 bits per heavy atom. The van der Waals surface area contributed by atoms with Crippen LogP contribution in [0.25, 0.3) is 0 Å². The van der Waals surface area contributed by atoms with Crippen molar-refractivity contribution in [1.29, 1.82) is 0 Å². The number of carbonyl (C=O) groups excluding carboxylic acids is 2. The van der Waals surface area contributed by atoms with Crippen molar-refractivity contribution in [1.82, 2.24) is 0 Å². The molecule has 21 heavy (non-hydrogen) atoms. The minimum absolute atomic E-state index is 0.0479. The first-order chi connectivity index (χ1) is 10.0.